The lowest BCUT2D eigenvalue weighted by Crippen LogP contribution is -2.41. The number of methoxy groups -OCH3 is 2. The van der Waals surface area contributed by atoms with Gasteiger partial charge in [-0.15, -0.1) is 0 Å². The molecule has 1 atom stereocenters. The molecule has 26 heavy (non-hydrogen) atoms. The maximum absolute atomic E-state index is 11.5. The molecule has 3 rings (SSSR count). The molecule has 0 unspecified atom stereocenters. The molecule has 0 spiro atoms. The van der Waals surface area contributed by atoms with E-state index < -0.39 is 0 Å². The number of ketones is 1. The van der Waals surface area contributed by atoms with Gasteiger partial charge in [0.15, 0.2) is 0 Å². The monoisotopic (exact) mass is 354 g/mol. The molecular formula is C21H26N2O3. The number of nitrogens with one attached hydrogen (secondary N) is 1. The molecule has 1 aliphatic heterocycles. The van der Waals surface area contributed by atoms with Crippen LogP contribution in [-0.2, 0) is 4.79 Å². The van der Waals surface area contributed by atoms with E-state index >= 15 is 0 Å². The highest BCUT2D eigenvalue weighted by atomic mass is 16.5. The first-order chi connectivity index (χ1) is 12.7. The quantitative estimate of drug-likeness (QED) is 0.828. The number of para-hydroxylation sites is 1. The molecule has 0 bridgehead atoms. The normalized spacial score (nSPS) is 16.3. The first-order valence-electron chi connectivity index (χ1n) is 8.95. The Balaban J connectivity index is 1.82. The number of piperidine rings is 1. The molecule has 1 saturated heterocycles. The summed E-state index contributed by atoms with van der Waals surface area (Å²) >= 11 is 0. The van der Waals surface area contributed by atoms with Gasteiger partial charge in [-0.1, -0.05) is 30.3 Å². The summed E-state index contributed by atoms with van der Waals surface area (Å²) in [6.45, 7) is 2.35. The van der Waals surface area contributed by atoms with E-state index in [0.717, 1.165) is 42.4 Å². The number of carbonyl (C=O) groups excluding carboxylic acids is 1. The maximum Gasteiger partial charge on any atom is 0.135 e. The van der Waals surface area contributed by atoms with Gasteiger partial charge >= 0.3 is 0 Å². The van der Waals surface area contributed by atoms with Gasteiger partial charge < -0.3 is 9.47 Å². The van der Waals surface area contributed by atoms with Crippen molar-refractivity contribution in [2.75, 3.05) is 34.0 Å². The lowest BCUT2D eigenvalue weighted by molar-refractivity contribution is -0.121. The Morgan fingerprint density at radius 3 is 2.35 bits per heavy atom. The average molecular weight is 354 g/mol. The van der Waals surface area contributed by atoms with Gasteiger partial charge in [0.25, 0.3) is 0 Å². The summed E-state index contributed by atoms with van der Waals surface area (Å²) in [6, 6.07) is 16.1. The number of Topliss-reactive ketones (excluding diaryl/α,β-unsaturated/α-hetero) is 1. The highest BCUT2D eigenvalue weighted by molar-refractivity contribution is 5.79. The number of rotatable bonds is 7. The third-order valence-electron chi connectivity index (χ3n) is 4.83. The number of carbonyl (C=O) groups is 1. The Morgan fingerprint density at radius 2 is 1.69 bits per heavy atom. The van der Waals surface area contributed by atoms with Crippen molar-refractivity contribution in [2.45, 2.75) is 18.9 Å². The molecule has 1 aliphatic rings. The smallest absolute Gasteiger partial charge is 0.135 e. The number of likely N-dealkylation sites (tertiary alicyclic amines) is 1. The van der Waals surface area contributed by atoms with Gasteiger partial charge in [-0.25, -0.2) is 0 Å². The Kier molecular flexibility index (Phi) is 6.26. The van der Waals surface area contributed by atoms with E-state index in [9.17, 15) is 4.79 Å². The van der Waals surface area contributed by atoms with E-state index in [1.807, 2.05) is 30.3 Å². The molecule has 2 aromatic carbocycles. The number of hydrogen-bond acceptors (Lipinski definition) is 5. The van der Waals surface area contributed by atoms with Gasteiger partial charge in [-0.2, -0.15) is 0 Å². The van der Waals surface area contributed by atoms with Crippen molar-refractivity contribution < 1.29 is 14.3 Å². The Labute approximate surface area is 154 Å². The summed E-state index contributed by atoms with van der Waals surface area (Å²) < 4.78 is 10.9. The summed E-state index contributed by atoms with van der Waals surface area (Å²) in [5, 5.41) is 3.64. The first-order valence-corrected chi connectivity index (χ1v) is 8.95. The zero-order valence-corrected chi connectivity index (χ0v) is 15.4. The zero-order valence-electron chi connectivity index (χ0n) is 15.4. The van der Waals surface area contributed by atoms with Crippen molar-refractivity contribution in [1.29, 1.82) is 0 Å². The van der Waals surface area contributed by atoms with E-state index in [4.69, 9.17) is 9.47 Å². The third kappa shape index (κ3) is 4.42. The van der Waals surface area contributed by atoms with E-state index in [2.05, 4.69) is 28.4 Å². The molecule has 0 amide bonds. The fourth-order valence-electron chi connectivity index (χ4n) is 3.29. The minimum absolute atomic E-state index is 0.00492. The van der Waals surface area contributed by atoms with Crippen molar-refractivity contribution in [3.05, 3.63) is 59.7 Å². The second-order valence-electron chi connectivity index (χ2n) is 6.47. The second kappa shape index (κ2) is 8.83. The van der Waals surface area contributed by atoms with E-state index in [-0.39, 0.29) is 6.04 Å². The van der Waals surface area contributed by atoms with Crippen molar-refractivity contribution in [2.24, 2.45) is 0 Å². The van der Waals surface area contributed by atoms with Crippen LogP contribution < -0.4 is 14.8 Å². The van der Waals surface area contributed by atoms with Crippen LogP contribution in [0.4, 0.5) is 0 Å². The number of ether oxygens (including phenoxy) is 2. The summed E-state index contributed by atoms with van der Waals surface area (Å²) in [5.41, 5.74) is 2.23. The highest BCUT2D eigenvalue weighted by Crippen LogP contribution is 2.30. The minimum Gasteiger partial charge on any atom is -0.497 e. The van der Waals surface area contributed by atoms with Gasteiger partial charge in [-0.3, -0.25) is 15.0 Å². The molecule has 0 aliphatic carbocycles. The summed E-state index contributed by atoms with van der Waals surface area (Å²) in [5.74, 6) is 2.05. The fourth-order valence-corrected chi connectivity index (χ4v) is 3.29. The van der Waals surface area contributed by atoms with Gasteiger partial charge in [0.1, 0.15) is 17.3 Å². The minimum atomic E-state index is -0.00492. The molecule has 1 heterocycles. The maximum atomic E-state index is 11.5. The highest BCUT2D eigenvalue weighted by Gasteiger charge is 2.21. The van der Waals surface area contributed by atoms with E-state index in [1.54, 1.807) is 14.2 Å². The Hall–Kier alpha value is -2.37. The lowest BCUT2D eigenvalue weighted by Gasteiger charge is -2.29. The van der Waals surface area contributed by atoms with Crippen LogP contribution in [0.3, 0.4) is 0 Å². The van der Waals surface area contributed by atoms with Crippen LogP contribution in [0.2, 0.25) is 0 Å². The summed E-state index contributed by atoms with van der Waals surface area (Å²) in [6.07, 6.45) is 1.28. The van der Waals surface area contributed by atoms with Gasteiger partial charge in [0, 0.05) is 38.2 Å². The molecule has 1 N–H and O–H groups in total. The molecule has 5 nitrogen and oxygen atoms in total. The largest absolute Gasteiger partial charge is 0.497 e. The van der Waals surface area contributed by atoms with Crippen LogP contribution in [0.15, 0.2) is 48.5 Å². The van der Waals surface area contributed by atoms with Gasteiger partial charge in [0.2, 0.25) is 0 Å². The van der Waals surface area contributed by atoms with Crippen molar-refractivity contribution >= 4 is 5.78 Å². The molecular weight excluding hydrogens is 328 g/mol. The molecule has 5 heteroatoms. The Bertz CT molecular complexity index is 720. The van der Waals surface area contributed by atoms with Crippen molar-refractivity contribution in [1.82, 2.24) is 10.2 Å². The average Bonchev–Trinajstić information content (AvgIpc) is 2.70. The SMILES string of the molecule is COc1ccc([C@@H](NCN2CCC(=O)CC2)c2ccccc2OC)cc1. The van der Waals surface area contributed by atoms with Crippen LogP contribution in [-0.4, -0.2) is 44.7 Å². The predicted molar refractivity (Wildman–Crippen MR) is 102 cm³/mol. The molecule has 0 radical (unpaired) electrons. The van der Waals surface area contributed by atoms with Crippen LogP contribution in [0.1, 0.15) is 30.0 Å². The third-order valence-corrected chi connectivity index (χ3v) is 4.83. The number of nitrogens with zero attached hydrogens (tertiary/aromatic N) is 1. The topological polar surface area (TPSA) is 50.8 Å². The second-order valence-corrected chi connectivity index (χ2v) is 6.47. The summed E-state index contributed by atoms with van der Waals surface area (Å²) in [4.78, 5) is 13.7. The van der Waals surface area contributed by atoms with Crippen LogP contribution in [0, 0.1) is 0 Å². The molecule has 138 valence electrons. The van der Waals surface area contributed by atoms with Crippen molar-refractivity contribution in [3.63, 3.8) is 0 Å². The zero-order chi connectivity index (χ0) is 18.4. The number of benzene rings is 2. The van der Waals surface area contributed by atoms with Crippen LogP contribution >= 0.6 is 0 Å². The van der Waals surface area contributed by atoms with Crippen LogP contribution in [0.25, 0.3) is 0 Å². The van der Waals surface area contributed by atoms with Gasteiger partial charge in [0.05, 0.1) is 20.3 Å². The predicted octanol–water partition coefficient (Wildman–Crippen LogP) is 3.01. The lowest BCUT2D eigenvalue weighted by atomic mass is 9.97. The number of hydrogen-bond donors (Lipinski definition) is 1. The molecule has 1 fully saturated rings. The molecule has 0 aromatic heterocycles. The fraction of sp³-hybridized carbons (Fsp3) is 0.381. The van der Waals surface area contributed by atoms with Crippen LogP contribution in [0.5, 0.6) is 11.5 Å². The summed E-state index contributed by atoms with van der Waals surface area (Å²) in [7, 11) is 3.36. The first kappa shape index (κ1) is 18.4. The molecule has 2 aromatic rings. The Morgan fingerprint density at radius 1 is 1.00 bits per heavy atom. The standard InChI is InChI=1S/C21H26N2O3/c1-25-18-9-7-16(8-10-18)21(19-5-3-4-6-20(19)26-2)22-15-23-13-11-17(24)12-14-23/h3-10,21-22H,11-15H2,1-2H3/t21-/m1/s1. The van der Waals surface area contributed by atoms with Gasteiger partial charge in [-0.05, 0) is 23.8 Å². The van der Waals surface area contributed by atoms with E-state index in [0.29, 0.717) is 18.6 Å². The van der Waals surface area contributed by atoms with Crippen molar-refractivity contribution in [3.8, 4) is 11.5 Å². The molecule has 0 saturated carbocycles. The van der Waals surface area contributed by atoms with E-state index in [1.165, 1.54) is 0 Å².